The van der Waals surface area contributed by atoms with Crippen molar-refractivity contribution < 1.29 is 33.5 Å². The number of rotatable bonds is 13. The van der Waals surface area contributed by atoms with E-state index >= 15 is 0 Å². The Morgan fingerprint density at radius 1 is 0.947 bits per heavy atom. The van der Waals surface area contributed by atoms with Gasteiger partial charge in [0.2, 0.25) is 0 Å². The molecule has 0 bridgehead atoms. The average molecular weight is 280 g/mol. The minimum absolute atomic E-state index is 0.0339. The topological polar surface area (TPSA) is 75.6 Å². The molecule has 1 N–H and O–H groups in total. The van der Waals surface area contributed by atoms with E-state index in [9.17, 15) is 5.11 Å². The van der Waals surface area contributed by atoms with Gasteiger partial charge in [0.05, 0.1) is 6.61 Å². The molecule has 0 rings (SSSR count). The maximum Gasteiger partial charge on any atom is 0.147 e. The zero-order valence-corrected chi connectivity index (χ0v) is 11.7. The Morgan fingerprint density at radius 3 is 1.95 bits per heavy atom. The molecular formula is C12H24O7. The van der Waals surface area contributed by atoms with Gasteiger partial charge in [-0.25, -0.2) is 0 Å². The van der Waals surface area contributed by atoms with Gasteiger partial charge in [0.25, 0.3) is 0 Å². The third kappa shape index (κ3) is 7.58. The number of aliphatic hydroxyl groups is 1. The Balaban J connectivity index is 4.64. The van der Waals surface area contributed by atoms with E-state index in [1.165, 1.54) is 21.3 Å². The Labute approximate surface area is 114 Å². The number of hydrogen-bond donors (Lipinski definition) is 1. The summed E-state index contributed by atoms with van der Waals surface area (Å²) in [7, 11) is 4.50. The van der Waals surface area contributed by atoms with Crippen LogP contribution in [-0.4, -0.2) is 71.7 Å². The zero-order valence-electron chi connectivity index (χ0n) is 11.7. The summed E-state index contributed by atoms with van der Waals surface area (Å²) in [6.45, 7) is 3.57. The summed E-state index contributed by atoms with van der Waals surface area (Å²) in [6, 6.07) is 0. The summed E-state index contributed by atoms with van der Waals surface area (Å²) >= 11 is 0. The fraction of sp³-hybridized carbons (Fsp3) is 0.833. The predicted molar refractivity (Wildman–Crippen MR) is 67.5 cm³/mol. The molecule has 0 heterocycles. The quantitative estimate of drug-likeness (QED) is 0.379. The lowest BCUT2D eigenvalue weighted by Crippen LogP contribution is -2.44. The normalized spacial score (nSPS) is 16.0. The lowest BCUT2D eigenvalue weighted by molar-refractivity contribution is -0.204. The largest absolute Gasteiger partial charge is 0.394 e. The third-order valence-electron chi connectivity index (χ3n) is 2.26. The number of hydrogen-bond acceptors (Lipinski definition) is 7. The fourth-order valence-corrected chi connectivity index (χ4v) is 1.41. The number of ether oxygens (including phenoxy) is 6. The van der Waals surface area contributed by atoms with E-state index < -0.39 is 18.3 Å². The smallest absolute Gasteiger partial charge is 0.147 e. The van der Waals surface area contributed by atoms with Crippen LogP contribution in [0.25, 0.3) is 0 Å². The van der Waals surface area contributed by atoms with Gasteiger partial charge in [-0.15, -0.1) is 6.58 Å². The van der Waals surface area contributed by atoms with Gasteiger partial charge in [-0.1, -0.05) is 6.08 Å². The molecule has 0 spiro atoms. The Hall–Kier alpha value is -0.540. The zero-order chi connectivity index (χ0) is 14.5. The number of methoxy groups -OCH3 is 3. The van der Waals surface area contributed by atoms with Crippen molar-refractivity contribution >= 4 is 0 Å². The van der Waals surface area contributed by atoms with Crippen molar-refractivity contribution in [2.75, 3.05) is 48.3 Å². The molecule has 7 nitrogen and oxygen atoms in total. The molecule has 7 heteroatoms. The van der Waals surface area contributed by atoms with Gasteiger partial charge >= 0.3 is 0 Å². The second-order valence-electron chi connectivity index (χ2n) is 3.61. The molecule has 0 fully saturated rings. The lowest BCUT2D eigenvalue weighted by atomic mass is 10.1. The molecular weight excluding hydrogens is 256 g/mol. The van der Waals surface area contributed by atoms with Gasteiger partial charge in [0.1, 0.15) is 38.7 Å². The first-order chi connectivity index (χ1) is 9.24. The van der Waals surface area contributed by atoms with Crippen LogP contribution in [0.3, 0.4) is 0 Å². The van der Waals surface area contributed by atoms with Crippen molar-refractivity contribution in [1.29, 1.82) is 0 Å². The van der Waals surface area contributed by atoms with E-state index in [4.69, 9.17) is 28.4 Å². The lowest BCUT2D eigenvalue weighted by Gasteiger charge is -2.30. The highest BCUT2D eigenvalue weighted by Gasteiger charge is 2.30. The summed E-state index contributed by atoms with van der Waals surface area (Å²) in [5.74, 6) is 0. The molecule has 0 saturated carbocycles. The average Bonchev–Trinajstić information content (AvgIpc) is 2.44. The second kappa shape index (κ2) is 12.5. The van der Waals surface area contributed by atoms with E-state index in [1.54, 1.807) is 6.08 Å². The van der Waals surface area contributed by atoms with Crippen molar-refractivity contribution in [1.82, 2.24) is 0 Å². The molecule has 0 aliphatic carbocycles. The van der Waals surface area contributed by atoms with E-state index in [0.29, 0.717) is 0 Å². The maximum absolute atomic E-state index is 9.37. The first kappa shape index (κ1) is 18.5. The van der Waals surface area contributed by atoms with Crippen LogP contribution in [0, 0.1) is 0 Å². The summed E-state index contributed by atoms with van der Waals surface area (Å²) < 4.78 is 30.7. The van der Waals surface area contributed by atoms with Crippen LogP contribution < -0.4 is 0 Å². The van der Waals surface area contributed by atoms with E-state index in [2.05, 4.69) is 6.58 Å². The van der Waals surface area contributed by atoms with Gasteiger partial charge in [0, 0.05) is 21.3 Å². The monoisotopic (exact) mass is 280 g/mol. The van der Waals surface area contributed by atoms with Crippen LogP contribution in [0.4, 0.5) is 0 Å². The standard InChI is InChI=1S/C12H24O7/c1-5-10(17-7-14-2)12(19-9-16-4)11(6-13)18-8-15-3/h5,10-13H,1,6-9H2,2-4H3/t10-,11+,12+/m0/s1. The van der Waals surface area contributed by atoms with Crippen molar-refractivity contribution in [2.24, 2.45) is 0 Å². The molecule has 0 radical (unpaired) electrons. The molecule has 0 aliphatic rings. The molecule has 114 valence electrons. The van der Waals surface area contributed by atoms with Crippen molar-refractivity contribution in [3.63, 3.8) is 0 Å². The Kier molecular flexibility index (Phi) is 12.1. The van der Waals surface area contributed by atoms with Gasteiger partial charge in [-0.05, 0) is 0 Å². The minimum Gasteiger partial charge on any atom is -0.394 e. The summed E-state index contributed by atoms with van der Waals surface area (Å²) in [5, 5.41) is 9.37. The molecule has 0 amide bonds. The first-order valence-corrected chi connectivity index (χ1v) is 5.80. The SMILES string of the molecule is C=C[C@H](OCOC)[C@@H](OCOC)[C@@H](CO)OCOC. The molecule has 0 aromatic rings. The minimum atomic E-state index is -0.630. The first-order valence-electron chi connectivity index (χ1n) is 5.80. The highest BCUT2D eigenvalue weighted by atomic mass is 16.7. The van der Waals surface area contributed by atoms with Gasteiger partial charge < -0.3 is 33.5 Å². The van der Waals surface area contributed by atoms with E-state index in [0.717, 1.165) is 0 Å². The number of aliphatic hydroxyl groups excluding tert-OH is 1. The summed E-state index contributed by atoms with van der Waals surface area (Å²) in [6.07, 6.45) is -0.176. The fourth-order valence-electron chi connectivity index (χ4n) is 1.41. The maximum atomic E-state index is 9.37. The summed E-state index contributed by atoms with van der Waals surface area (Å²) in [5.41, 5.74) is 0. The van der Waals surface area contributed by atoms with Crippen LogP contribution in [-0.2, 0) is 28.4 Å². The molecule has 0 aromatic carbocycles. The van der Waals surface area contributed by atoms with Gasteiger partial charge in [-0.2, -0.15) is 0 Å². The summed E-state index contributed by atoms with van der Waals surface area (Å²) in [4.78, 5) is 0. The van der Waals surface area contributed by atoms with Gasteiger partial charge in [-0.3, -0.25) is 0 Å². The molecule has 19 heavy (non-hydrogen) atoms. The van der Waals surface area contributed by atoms with E-state index in [-0.39, 0.29) is 27.0 Å². The van der Waals surface area contributed by atoms with Crippen LogP contribution in [0.5, 0.6) is 0 Å². The molecule has 0 saturated heterocycles. The Bertz CT molecular complexity index is 212. The molecule has 0 aliphatic heterocycles. The van der Waals surface area contributed by atoms with Crippen LogP contribution in [0.1, 0.15) is 0 Å². The van der Waals surface area contributed by atoms with E-state index in [1.807, 2.05) is 0 Å². The molecule has 0 unspecified atom stereocenters. The molecule has 3 atom stereocenters. The van der Waals surface area contributed by atoms with Crippen LogP contribution in [0.2, 0.25) is 0 Å². The molecule has 0 aromatic heterocycles. The van der Waals surface area contributed by atoms with Crippen molar-refractivity contribution in [3.8, 4) is 0 Å². The second-order valence-corrected chi connectivity index (χ2v) is 3.61. The highest BCUT2D eigenvalue weighted by Crippen LogP contribution is 2.14. The van der Waals surface area contributed by atoms with Crippen LogP contribution in [0.15, 0.2) is 12.7 Å². The van der Waals surface area contributed by atoms with Crippen molar-refractivity contribution in [2.45, 2.75) is 18.3 Å². The van der Waals surface area contributed by atoms with Crippen LogP contribution >= 0.6 is 0 Å². The highest BCUT2D eigenvalue weighted by molar-refractivity contribution is 4.91. The van der Waals surface area contributed by atoms with Gasteiger partial charge in [0.15, 0.2) is 0 Å². The predicted octanol–water partition coefficient (Wildman–Crippen LogP) is 0.132. The Morgan fingerprint density at radius 2 is 1.47 bits per heavy atom. The van der Waals surface area contributed by atoms with Crippen molar-refractivity contribution in [3.05, 3.63) is 12.7 Å². The third-order valence-corrected chi connectivity index (χ3v) is 2.26.